The molecule has 0 fully saturated rings. The molecule has 2 rings (SSSR count). The van der Waals surface area contributed by atoms with E-state index in [2.05, 4.69) is 17.1 Å². The van der Waals surface area contributed by atoms with E-state index in [0.29, 0.717) is 17.9 Å². The van der Waals surface area contributed by atoms with Gasteiger partial charge in [0, 0.05) is 0 Å². The summed E-state index contributed by atoms with van der Waals surface area (Å²) in [7, 11) is 0. The van der Waals surface area contributed by atoms with Crippen molar-refractivity contribution in [2.24, 2.45) is 5.10 Å². The molecule has 0 aliphatic rings. The number of carbonyl (C=O) groups excluding carboxylic acids is 1. The number of benzene rings is 2. The molecule has 112 valence electrons. The van der Waals surface area contributed by atoms with Crippen LogP contribution in [0.3, 0.4) is 0 Å². The van der Waals surface area contributed by atoms with Gasteiger partial charge in [-0.05, 0) is 42.0 Å². The molecule has 0 bridgehead atoms. The second kappa shape index (κ2) is 7.64. The number of aromatic hydroxyl groups is 1. The Kier molecular flexibility index (Phi) is 5.31. The Morgan fingerprint density at radius 3 is 2.68 bits per heavy atom. The summed E-state index contributed by atoms with van der Waals surface area (Å²) in [4.78, 5) is 12.1. The van der Waals surface area contributed by atoms with Crippen molar-refractivity contribution < 1.29 is 14.6 Å². The molecule has 2 aromatic carbocycles. The monoisotopic (exact) mass is 296 g/mol. The number of hydrogen-bond donors (Lipinski definition) is 2. The Balaban J connectivity index is 2.03. The fourth-order valence-corrected chi connectivity index (χ4v) is 1.71. The average Bonchev–Trinajstić information content (AvgIpc) is 2.55. The zero-order valence-electron chi connectivity index (χ0n) is 11.9. The third-order valence-electron chi connectivity index (χ3n) is 2.76. The maximum Gasteiger partial charge on any atom is 0.275 e. The summed E-state index contributed by atoms with van der Waals surface area (Å²) in [5, 5.41) is 13.1. The Morgan fingerprint density at radius 1 is 1.23 bits per heavy atom. The zero-order valence-corrected chi connectivity index (χ0v) is 11.9. The first-order valence-corrected chi connectivity index (χ1v) is 6.66. The van der Waals surface area contributed by atoms with Crippen LogP contribution in [0.2, 0.25) is 0 Å². The van der Waals surface area contributed by atoms with Gasteiger partial charge in [-0.2, -0.15) is 5.10 Å². The summed E-state index contributed by atoms with van der Waals surface area (Å²) < 4.78 is 5.43. The number of para-hydroxylation sites is 1. The summed E-state index contributed by atoms with van der Waals surface area (Å²) in [6.45, 7) is 3.89. The average molecular weight is 296 g/mol. The van der Waals surface area contributed by atoms with Crippen molar-refractivity contribution in [1.82, 2.24) is 5.43 Å². The van der Waals surface area contributed by atoms with Crippen molar-refractivity contribution in [2.45, 2.75) is 0 Å². The van der Waals surface area contributed by atoms with E-state index in [-0.39, 0.29) is 11.7 Å². The SMILES string of the molecule is C=CCOc1ccccc1C(=O)NN=Cc1ccc(O)cc1. The predicted molar refractivity (Wildman–Crippen MR) is 85.3 cm³/mol. The lowest BCUT2D eigenvalue weighted by molar-refractivity contribution is 0.0951. The normalized spacial score (nSPS) is 10.4. The molecule has 2 N–H and O–H groups in total. The van der Waals surface area contributed by atoms with Crippen LogP contribution in [0.1, 0.15) is 15.9 Å². The minimum Gasteiger partial charge on any atom is -0.508 e. The molecule has 22 heavy (non-hydrogen) atoms. The number of nitrogens with zero attached hydrogens (tertiary/aromatic N) is 1. The molecule has 1 amide bonds. The van der Waals surface area contributed by atoms with Crippen LogP contribution in [-0.4, -0.2) is 23.8 Å². The number of carbonyl (C=O) groups is 1. The van der Waals surface area contributed by atoms with Gasteiger partial charge in [0.15, 0.2) is 0 Å². The molecule has 2 aromatic rings. The zero-order chi connectivity index (χ0) is 15.8. The molecule has 0 aliphatic heterocycles. The molecular weight excluding hydrogens is 280 g/mol. The van der Waals surface area contributed by atoms with Crippen molar-refractivity contribution in [3.63, 3.8) is 0 Å². The summed E-state index contributed by atoms with van der Waals surface area (Å²) in [5.74, 6) is 0.281. The Bertz CT molecular complexity index is 679. The molecule has 5 heteroatoms. The van der Waals surface area contributed by atoms with E-state index in [1.54, 1.807) is 54.6 Å². The molecule has 0 heterocycles. The second-order valence-electron chi connectivity index (χ2n) is 4.39. The van der Waals surface area contributed by atoms with Crippen LogP contribution >= 0.6 is 0 Å². The fraction of sp³-hybridized carbons (Fsp3) is 0.0588. The van der Waals surface area contributed by atoms with Gasteiger partial charge >= 0.3 is 0 Å². The maximum absolute atomic E-state index is 12.1. The minimum absolute atomic E-state index is 0.175. The van der Waals surface area contributed by atoms with Crippen molar-refractivity contribution in [1.29, 1.82) is 0 Å². The summed E-state index contributed by atoms with van der Waals surface area (Å²) in [5.41, 5.74) is 3.60. The third kappa shape index (κ3) is 4.21. The van der Waals surface area contributed by atoms with Crippen LogP contribution in [-0.2, 0) is 0 Å². The van der Waals surface area contributed by atoms with Crippen LogP contribution in [0.5, 0.6) is 11.5 Å². The van der Waals surface area contributed by atoms with E-state index in [1.807, 2.05) is 0 Å². The molecule has 0 radical (unpaired) electrons. The van der Waals surface area contributed by atoms with Crippen molar-refractivity contribution in [3.05, 3.63) is 72.3 Å². The number of phenols is 1. The first-order chi connectivity index (χ1) is 10.7. The van der Waals surface area contributed by atoms with Gasteiger partial charge in [-0.15, -0.1) is 0 Å². The number of nitrogens with one attached hydrogen (secondary N) is 1. The lowest BCUT2D eigenvalue weighted by Crippen LogP contribution is -2.18. The van der Waals surface area contributed by atoms with Gasteiger partial charge in [0.05, 0.1) is 11.8 Å². The van der Waals surface area contributed by atoms with E-state index in [1.165, 1.54) is 6.21 Å². The standard InChI is InChI=1S/C17H16N2O3/c1-2-11-22-16-6-4-3-5-15(16)17(21)19-18-12-13-7-9-14(20)10-8-13/h2-10,12,20H,1,11H2,(H,19,21). The van der Waals surface area contributed by atoms with Gasteiger partial charge in [0.25, 0.3) is 5.91 Å². The van der Waals surface area contributed by atoms with Crippen LogP contribution < -0.4 is 10.2 Å². The lowest BCUT2D eigenvalue weighted by atomic mass is 10.2. The largest absolute Gasteiger partial charge is 0.508 e. The van der Waals surface area contributed by atoms with Crippen LogP contribution in [0, 0.1) is 0 Å². The molecule has 5 nitrogen and oxygen atoms in total. The Labute approximate surface area is 128 Å². The van der Waals surface area contributed by atoms with Gasteiger partial charge in [-0.3, -0.25) is 4.79 Å². The highest BCUT2D eigenvalue weighted by Crippen LogP contribution is 2.17. The molecule has 0 aromatic heterocycles. The fourth-order valence-electron chi connectivity index (χ4n) is 1.71. The van der Waals surface area contributed by atoms with Gasteiger partial charge in [0.1, 0.15) is 18.1 Å². The van der Waals surface area contributed by atoms with E-state index in [0.717, 1.165) is 5.56 Å². The van der Waals surface area contributed by atoms with Gasteiger partial charge in [-0.1, -0.05) is 24.8 Å². The maximum atomic E-state index is 12.1. The van der Waals surface area contributed by atoms with Crippen molar-refractivity contribution in [3.8, 4) is 11.5 Å². The predicted octanol–water partition coefficient (Wildman–Crippen LogP) is 2.72. The van der Waals surface area contributed by atoms with Gasteiger partial charge < -0.3 is 9.84 Å². The summed E-state index contributed by atoms with van der Waals surface area (Å²) >= 11 is 0. The first-order valence-electron chi connectivity index (χ1n) is 6.66. The lowest BCUT2D eigenvalue weighted by Gasteiger charge is -2.08. The number of hydrogen-bond acceptors (Lipinski definition) is 4. The topological polar surface area (TPSA) is 70.9 Å². The van der Waals surface area contributed by atoms with Crippen LogP contribution in [0.4, 0.5) is 0 Å². The highest BCUT2D eigenvalue weighted by molar-refractivity contribution is 5.97. The molecular formula is C17H16N2O3. The molecule has 0 saturated carbocycles. The van der Waals surface area contributed by atoms with Crippen molar-refractivity contribution >= 4 is 12.1 Å². The first kappa shape index (κ1) is 15.3. The van der Waals surface area contributed by atoms with E-state index in [4.69, 9.17) is 4.74 Å². The number of ether oxygens (including phenoxy) is 1. The van der Waals surface area contributed by atoms with Crippen LogP contribution in [0.15, 0.2) is 66.3 Å². The molecule has 0 unspecified atom stereocenters. The molecule has 0 aliphatic carbocycles. The highest BCUT2D eigenvalue weighted by Gasteiger charge is 2.10. The summed E-state index contributed by atoms with van der Waals surface area (Å²) in [6.07, 6.45) is 3.10. The number of amides is 1. The Morgan fingerprint density at radius 2 is 1.95 bits per heavy atom. The van der Waals surface area contributed by atoms with E-state index >= 15 is 0 Å². The Hall–Kier alpha value is -3.08. The van der Waals surface area contributed by atoms with Crippen LogP contribution in [0.25, 0.3) is 0 Å². The van der Waals surface area contributed by atoms with Crippen molar-refractivity contribution in [2.75, 3.05) is 6.61 Å². The van der Waals surface area contributed by atoms with Gasteiger partial charge in [-0.25, -0.2) is 5.43 Å². The smallest absolute Gasteiger partial charge is 0.275 e. The second-order valence-corrected chi connectivity index (χ2v) is 4.39. The minimum atomic E-state index is -0.366. The number of phenolic OH excluding ortho intramolecular Hbond substituents is 1. The number of hydrazone groups is 1. The van der Waals surface area contributed by atoms with E-state index in [9.17, 15) is 9.90 Å². The van der Waals surface area contributed by atoms with Gasteiger partial charge in [0.2, 0.25) is 0 Å². The highest BCUT2D eigenvalue weighted by atomic mass is 16.5. The quantitative estimate of drug-likeness (QED) is 0.489. The third-order valence-corrected chi connectivity index (χ3v) is 2.76. The summed E-state index contributed by atoms with van der Waals surface area (Å²) in [6, 6.07) is 13.4. The number of rotatable bonds is 6. The molecule has 0 atom stereocenters. The van der Waals surface area contributed by atoms with E-state index < -0.39 is 0 Å². The molecule has 0 spiro atoms. The molecule has 0 saturated heterocycles.